The molecular formula is C22H30N4O3. The molecule has 0 aromatic heterocycles. The van der Waals surface area contributed by atoms with Gasteiger partial charge in [0.2, 0.25) is 0 Å². The lowest BCUT2D eigenvalue weighted by molar-refractivity contribution is 0.0941. The Labute approximate surface area is 172 Å². The second-order valence-electron chi connectivity index (χ2n) is 7.27. The number of piperazine rings is 1. The third kappa shape index (κ3) is 5.93. The molecule has 0 saturated carbocycles. The van der Waals surface area contributed by atoms with E-state index in [1.807, 2.05) is 12.1 Å². The summed E-state index contributed by atoms with van der Waals surface area (Å²) >= 11 is 0. The third-order valence-corrected chi connectivity index (χ3v) is 5.20. The number of likely N-dealkylation sites (N-methyl/N-ethyl adjacent to an activating group) is 1. The number of nitrogens with one attached hydrogen (secondary N) is 2. The maximum Gasteiger partial charge on any atom is 0.253 e. The monoisotopic (exact) mass is 398 g/mol. The molecule has 0 radical (unpaired) electrons. The highest BCUT2D eigenvalue weighted by atomic mass is 16.5. The first-order valence-corrected chi connectivity index (χ1v) is 9.93. The smallest absolute Gasteiger partial charge is 0.253 e. The van der Waals surface area contributed by atoms with Crippen molar-refractivity contribution < 1.29 is 14.6 Å². The van der Waals surface area contributed by atoms with E-state index in [0.29, 0.717) is 23.4 Å². The number of anilines is 1. The molecule has 1 aliphatic rings. The molecule has 1 aliphatic heterocycles. The number of hydrogen-bond donors (Lipinski definition) is 3. The summed E-state index contributed by atoms with van der Waals surface area (Å²) in [7, 11) is 3.73. The molecule has 156 valence electrons. The zero-order chi connectivity index (χ0) is 20.6. The zero-order valence-electron chi connectivity index (χ0n) is 17.1. The van der Waals surface area contributed by atoms with Crippen LogP contribution in [0.2, 0.25) is 0 Å². The summed E-state index contributed by atoms with van der Waals surface area (Å²) in [6.07, 6.45) is -0.930. The topological polar surface area (TPSA) is 77.1 Å². The first-order chi connectivity index (χ1) is 14.1. The Morgan fingerprint density at radius 2 is 1.79 bits per heavy atom. The van der Waals surface area contributed by atoms with Gasteiger partial charge in [-0.1, -0.05) is 24.3 Å². The molecular weight excluding hydrogens is 368 g/mol. The van der Waals surface area contributed by atoms with Crippen molar-refractivity contribution in [3.63, 3.8) is 0 Å². The van der Waals surface area contributed by atoms with E-state index in [-0.39, 0.29) is 5.91 Å². The van der Waals surface area contributed by atoms with Crippen LogP contribution in [0, 0.1) is 0 Å². The second-order valence-corrected chi connectivity index (χ2v) is 7.27. The zero-order valence-corrected chi connectivity index (χ0v) is 17.1. The quantitative estimate of drug-likeness (QED) is 0.589. The predicted octanol–water partition coefficient (Wildman–Crippen LogP) is 1.78. The lowest BCUT2D eigenvalue weighted by Crippen LogP contribution is -2.46. The summed E-state index contributed by atoms with van der Waals surface area (Å²) in [4.78, 5) is 17.4. The first-order valence-electron chi connectivity index (χ1n) is 9.93. The molecule has 0 bridgehead atoms. The summed E-state index contributed by atoms with van der Waals surface area (Å²) in [5.41, 5.74) is 1.79. The van der Waals surface area contributed by atoms with Crippen LogP contribution >= 0.6 is 0 Å². The van der Waals surface area contributed by atoms with Crippen LogP contribution in [-0.2, 0) is 0 Å². The van der Waals surface area contributed by atoms with E-state index in [2.05, 4.69) is 27.5 Å². The number of aliphatic hydroxyl groups excluding tert-OH is 1. The van der Waals surface area contributed by atoms with Gasteiger partial charge in [0.15, 0.2) is 6.23 Å². The number of nitrogens with zero attached hydrogens (tertiary/aromatic N) is 2. The number of rotatable bonds is 8. The number of aliphatic hydroxyl groups is 1. The highest BCUT2D eigenvalue weighted by Crippen LogP contribution is 2.22. The molecule has 3 N–H and O–H groups in total. The Hall–Kier alpha value is -2.61. The van der Waals surface area contributed by atoms with Crippen molar-refractivity contribution in [3.05, 3.63) is 59.7 Å². The SMILES string of the molecule is COc1ccc(C(O)Nc2ccccc2C(=O)NCCN2CCN(C)CC2)cc1. The number of carbonyl (C=O) groups is 1. The summed E-state index contributed by atoms with van der Waals surface area (Å²) in [5.74, 6) is 0.574. The van der Waals surface area contributed by atoms with E-state index >= 15 is 0 Å². The normalized spacial score (nSPS) is 16.2. The van der Waals surface area contributed by atoms with Crippen LogP contribution in [0.1, 0.15) is 22.1 Å². The lowest BCUT2D eigenvalue weighted by atomic mass is 10.1. The van der Waals surface area contributed by atoms with Crippen LogP contribution in [0.4, 0.5) is 5.69 Å². The van der Waals surface area contributed by atoms with Crippen LogP contribution in [0.15, 0.2) is 48.5 Å². The minimum atomic E-state index is -0.930. The van der Waals surface area contributed by atoms with Gasteiger partial charge in [0.05, 0.1) is 12.7 Å². The molecule has 1 unspecified atom stereocenters. The third-order valence-electron chi connectivity index (χ3n) is 5.20. The van der Waals surface area contributed by atoms with Gasteiger partial charge in [0.1, 0.15) is 5.75 Å². The van der Waals surface area contributed by atoms with Crippen LogP contribution in [0.3, 0.4) is 0 Å². The van der Waals surface area contributed by atoms with Gasteiger partial charge in [-0.2, -0.15) is 0 Å². The summed E-state index contributed by atoms with van der Waals surface area (Å²) in [5, 5.41) is 16.5. The van der Waals surface area contributed by atoms with Crippen molar-refractivity contribution in [2.45, 2.75) is 6.23 Å². The van der Waals surface area contributed by atoms with Crippen LogP contribution < -0.4 is 15.4 Å². The predicted molar refractivity (Wildman–Crippen MR) is 114 cm³/mol. The fourth-order valence-corrected chi connectivity index (χ4v) is 3.32. The molecule has 7 nitrogen and oxygen atoms in total. The molecule has 1 heterocycles. The van der Waals surface area contributed by atoms with Crippen LogP contribution in [-0.4, -0.2) is 74.2 Å². The molecule has 29 heavy (non-hydrogen) atoms. The van der Waals surface area contributed by atoms with Gasteiger partial charge >= 0.3 is 0 Å². The Kier molecular flexibility index (Phi) is 7.46. The maximum atomic E-state index is 12.7. The Bertz CT molecular complexity index is 789. The Morgan fingerprint density at radius 3 is 2.48 bits per heavy atom. The summed E-state index contributed by atoms with van der Waals surface area (Å²) < 4.78 is 5.14. The molecule has 0 aliphatic carbocycles. The average molecular weight is 399 g/mol. The van der Waals surface area contributed by atoms with Gasteiger partial charge < -0.3 is 25.4 Å². The number of amides is 1. The second kappa shape index (κ2) is 10.2. The molecule has 1 fully saturated rings. The van der Waals surface area contributed by atoms with Gasteiger partial charge in [-0.25, -0.2) is 0 Å². The van der Waals surface area contributed by atoms with Crippen molar-refractivity contribution in [2.75, 3.05) is 58.7 Å². The van der Waals surface area contributed by atoms with E-state index in [1.165, 1.54) is 0 Å². The largest absolute Gasteiger partial charge is 0.497 e. The van der Waals surface area contributed by atoms with Gasteiger partial charge in [0, 0.05) is 50.5 Å². The van der Waals surface area contributed by atoms with Crippen molar-refractivity contribution >= 4 is 11.6 Å². The number of benzene rings is 2. The number of hydrogen-bond acceptors (Lipinski definition) is 6. The van der Waals surface area contributed by atoms with Gasteiger partial charge in [0.25, 0.3) is 5.91 Å². The minimum Gasteiger partial charge on any atom is -0.497 e. The standard InChI is InChI=1S/C22H30N4O3/c1-25-13-15-26(16-14-25)12-11-23-22(28)19-5-3-4-6-20(19)24-21(27)17-7-9-18(29-2)10-8-17/h3-10,21,24,27H,11-16H2,1-2H3,(H,23,28). The van der Waals surface area contributed by atoms with Crippen molar-refractivity contribution in [3.8, 4) is 5.75 Å². The van der Waals surface area contributed by atoms with E-state index in [4.69, 9.17) is 4.74 Å². The Balaban J connectivity index is 1.56. The summed E-state index contributed by atoms with van der Waals surface area (Å²) in [6, 6.07) is 14.4. The molecule has 0 spiro atoms. The van der Waals surface area contributed by atoms with Gasteiger partial charge in [-0.05, 0) is 31.3 Å². The van der Waals surface area contributed by atoms with Crippen LogP contribution in [0.5, 0.6) is 5.75 Å². The summed E-state index contributed by atoms with van der Waals surface area (Å²) in [6.45, 7) is 5.60. The fraction of sp³-hybridized carbons (Fsp3) is 0.409. The number of carbonyl (C=O) groups excluding carboxylic acids is 1. The van der Waals surface area contributed by atoms with Crippen molar-refractivity contribution in [2.24, 2.45) is 0 Å². The van der Waals surface area contributed by atoms with Crippen molar-refractivity contribution in [1.29, 1.82) is 0 Å². The highest BCUT2D eigenvalue weighted by Gasteiger charge is 2.16. The molecule has 1 amide bonds. The van der Waals surface area contributed by atoms with Gasteiger partial charge in [-0.3, -0.25) is 9.69 Å². The molecule has 7 heteroatoms. The molecule has 3 rings (SSSR count). The van der Waals surface area contributed by atoms with E-state index < -0.39 is 6.23 Å². The lowest BCUT2D eigenvalue weighted by Gasteiger charge is -2.32. The number of para-hydroxylation sites is 1. The first kappa shape index (κ1) is 21.1. The molecule has 2 aromatic carbocycles. The minimum absolute atomic E-state index is 0.149. The average Bonchev–Trinajstić information content (AvgIpc) is 2.75. The molecule has 2 aromatic rings. The van der Waals surface area contributed by atoms with Crippen molar-refractivity contribution in [1.82, 2.24) is 15.1 Å². The molecule has 1 saturated heterocycles. The van der Waals surface area contributed by atoms with Gasteiger partial charge in [-0.15, -0.1) is 0 Å². The van der Waals surface area contributed by atoms with E-state index in [0.717, 1.165) is 38.5 Å². The Morgan fingerprint density at radius 1 is 1.10 bits per heavy atom. The number of methoxy groups -OCH3 is 1. The maximum absolute atomic E-state index is 12.7. The fourth-order valence-electron chi connectivity index (χ4n) is 3.32. The number of ether oxygens (including phenoxy) is 1. The van der Waals surface area contributed by atoms with E-state index in [9.17, 15) is 9.90 Å². The van der Waals surface area contributed by atoms with Crippen LogP contribution in [0.25, 0.3) is 0 Å². The van der Waals surface area contributed by atoms with E-state index in [1.54, 1.807) is 43.5 Å². The molecule has 1 atom stereocenters. The highest BCUT2D eigenvalue weighted by molar-refractivity contribution is 5.99.